The Labute approximate surface area is 114 Å². The number of aryl methyl sites for hydroxylation is 1. The molecule has 0 heterocycles. The van der Waals surface area contributed by atoms with Gasteiger partial charge in [0.15, 0.2) is 0 Å². The Morgan fingerprint density at radius 2 is 2.06 bits per heavy atom. The second-order valence-corrected chi connectivity index (χ2v) is 5.85. The highest BCUT2D eigenvalue weighted by molar-refractivity contribution is 6.33. The van der Waals surface area contributed by atoms with Crippen molar-refractivity contribution in [2.24, 2.45) is 0 Å². The van der Waals surface area contributed by atoms with Gasteiger partial charge in [-0.3, -0.25) is 0 Å². The Balaban J connectivity index is 2.42. The molecule has 1 unspecified atom stereocenters. The molecular formula is C14H22ClNO2. The van der Waals surface area contributed by atoms with Gasteiger partial charge in [0.1, 0.15) is 0 Å². The van der Waals surface area contributed by atoms with Crippen LogP contribution in [0.25, 0.3) is 0 Å². The number of nitrogens with one attached hydrogen (secondary N) is 1. The van der Waals surface area contributed by atoms with E-state index >= 15 is 0 Å². The molecule has 0 aliphatic rings. The van der Waals surface area contributed by atoms with E-state index in [4.69, 9.17) is 16.3 Å². The van der Waals surface area contributed by atoms with Crippen molar-refractivity contribution in [2.75, 3.05) is 18.5 Å². The van der Waals surface area contributed by atoms with Crippen molar-refractivity contribution in [3.8, 4) is 0 Å². The highest BCUT2D eigenvalue weighted by Gasteiger charge is 2.13. The predicted octanol–water partition coefficient (Wildman–Crippen LogP) is 3.24. The molecule has 2 N–H and O–H groups in total. The second-order valence-electron chi connectivity index (χ2n) is 5.44. The van der Waals surface area contributed by atoms with E-state index in [1.165, 1.54) is 0 Å². The minimum atomic E-state index is -0.555. The molecule has 1 aromatic carbocycles. The first-order chi connectivity index (χ1) is 8.28. The Morgan fingerprint density at radius 1 is 1.39 bits per heavy atom. The van der Waals surface area contributed by atoms with Crippen molar-refractivity contribution < 1.29 is 9.84 Å². The highest BCUT2D eigenvalue weighted by atomic mass is 35.5. The Kier molecular flexibility index (Phi) is 5.45. The van der Waals surface area contributed by atoms with Crippen LogP contribution in [0.15, 0.2) is 18.2 Å². The van der Waals surface area contributed by atoms with Crippen molar-refractivity contribution in [1.82, 2.24) is 0 Å². The van der Waals surface area contributed by atoms with Crippen LogP contribution in [0.3, 0.4) is 0 Å². The van der Waals surface area contributed by atoms with Crippen LogP contribution in [0.4, 0.5) is 5.69 Å². The minimum absolute atomic E-state index is 0.234. The van der Waals surface area contributed by atoms with Gasteiger partial charge in [0, 0.05) is 6.54 Å². The second kappa shape index (κ2) is 6.41. The molecule has 1 atom stereocenters. The molecule has 0 bridgehead atoms. The first-order valence-corrected chi connectivity index (χ1v) is 6.48. The van der Waals surface area contributed by atoms with Gasteiger partial charge in [0.2, 0.25) is 0 Å². The van der Waals surface area contributed by atoms with Crippen molar-refractivity contribution >= 4 is 17.3 Å². The third-order valence-electron chi connectivity index (χ3n) is 2.36. The molecule has 102 valence electrons. The number of ether oxygens (including phenoxy) is 1. The average Bonchev–Trinajstić information content (AvgIpc) is 2.26. The first kappa shape index (κ1) is 15.3. The van der Waals surface area contributed by atoms with E-state index in [9.17, 15) is 5.11 Å². The average molecular weight is 272 g/mol. The van der Waals surface area contributed by atoms with Crippen LogP contribution < -0.4 is 5.32 Å². The first-order valence-electron chi connectivity index (χ1n) is 6.10. The molecule has 1 aromatic rings. The van der Waals surface area contributed by atoms with E-state index in [2.05, 4.69) is 5.32 Å². The van der Waals surface area contributed by atoms with Gasteiger partial charge in [-0.15, -0.1) is 0 Å². The number of rotatable bonds is 5. The van der Waals surface area contributed by atoms with Gasteiger partial charge in [-0.2, -0.15) is 0 Å². The van der Waals surface area contributed by atoms with Crippen LogP contribution in [-0.2, 0) is 4.74 Å². The summed E-state index contributed by atoms with van der Waals surface area (Å²) in [5, 5.41) is 13.6. The summed E-state index contributed by atoms with van der Waals surface area (Å²) in [7, 11) is 0. The standard InChI is InChI=1S/C14H22ClNO2/c1-10-5-6-12(15)13(7-10)16-8-11(17)9-18-14(2,3)4/h5-7,11,16-17H,8-9H2,1-4H3. The summed E-state index contributed by atoms with van der Waals surface area (Å²) in [6.45, 7) is 8.61. The van der Waals surface area contributed by atoms with Crippen LogP contribution >= 0.6 is 11.6 Å². The number of hydrogen-bond acceptors (Lipinski definition) is 3. The van der Waals surface area contributed by atoms with Gasteiger partial charge in [-0.05, 0) is 45.4 Å². The van der Waals surface area contributed by atoms with Gasteiger partial charge in [0.25, 0.3) is 0 Å². The summed E-state index contributed by atoms with van der Waals surface area (Å²) >= 11 is 6.05. The zero-order chi connectivity index (χ0) is 13.8. The van der Waals surface area contributed by atoms with Crippen molar-refractivity contribution in [2.45, 2.75) is 39.4 Å². The number of halogens is 1. The normalized spacial score (nSPS) is 13.4. The highest BCUT2D eigenvalue weighted by Crippen LogP contribution is 2.22. The Morgan fingerprint density at radius 3 is 2.67 bits per heavy atom. The molecule has 0 spiro atoms. The monoisotopic (exact) mass is 271 g/mol. The molecular weight excluding hydrogens is 250 g/mol. The quantitative estimate of drug-likeness (QED) is 0.864. The fraction of sp³-hybridized carbons (Fsp3) is 0.571. The van der Waals surface area contributed by atoms with E-state index in [1.807, 2.05) is 45.9 Å². The van der Waals surface area contributed by atoms with Crippen LogP contribution in [0.5, 0.6) is 0 Å². The Bertz CT molecular complexity index is 388. The lowest BCUT2D eigenvalue weighted by Gasteiger charge is -2.22. The number of hydrogen-bond donors (Lipinski definition) is 2. The molecule has 0 aliphatic heterocycles. The molecule has 0 aromatic heterocycles. The fourth-order valence-electron chi connectivity index (χ4n) is 1.41. The fourth-order valence-corrected chi connectivity index (χ4v) is 1.59. The zero-order valence-electron chi connectivity index (χ0n) is 11.5. The molecule has 0 amide bonds. The lowest BCUT2D eigenvalue weighted by molar-refractivity contribution is -0.0449. The Hall–Kier alpha value is -0.770. The third-order valence-corrected chi connectivity index (χ3v) is 2.69. The van der Waals surface area contributed by atoms with Gasteiger partial charge in [-0.1, -0.05) is 17.7 Å². The summed E-state index contributed by atoms with van der Waals surface area (Å²) in [6, 6.07) is 5.75. The van der Waals surface area contributed by atoms with E-state index in [0.29, 0.717) is 18.2 Å². The van der Waals surface area contributed by atoms with Crippen LogP contribution in [0.1, 0.15) is 26.3 Å². The maximum absolute atomic E-state index is 9.80. The molecule has 0 radical (unpaired) electrons. The van der Waals surface area contributed by atoms with E-state index in [-0.39, 0.29) is 5.60 Å². The van der Waals surface area contributed by atoms with E-state index in [1.54, 1.807) is 0 Å². The van der Waals surface area contributed by atoms with E-state index < -0.39 is 6.10 Å². The number of aliphatic hydroxyl groups is 1. The summed E-state index contributed by atoms with van der Waals surface area (Å²) in [5.74, 6) is 0. The maximum atomic E-state index is 9.80. The maximum Gasteiger partial charge on any atom is 0.0945 e. The summed E-state index contributed by atoms with van der Waals surface area (Å²) in [4.78, 5) is 0. The lowest BCUT2D eigenvalue weighted by atomic mass is 10.2. The summed E-state index contributed by atoms with van der Waals surface area (Å²) < 4.78 is 5.51. The largest absolute Gasteiger partial charge is 0.389 e. The molecule has 4 heteroatoms. The van der Waals surface area contributed by atoms with Crippen LogP contribution in [0.2, 0.25) is 5.02 Å². The van der Waals surface area contributed by atoms with Gasteiger partial charge in [0.05, 0.1) is 29.0 Å². The molecule has 0 aliphatic carbocycles. The summed E-state index contributed by atoms with van der Waals surface area (Å²) in [6.07, 6.45) is -0.555. The third kappa shape index (κ3) is 5.71. The summed E-state index contributed by atoms with van der Waals surface area (Å²) in [5.41, 5.74) is 1.73. The molecule has 0 saturated heterocycles. The molecule has 0 fully saturated rings. The minimum Gasteiger partial charge on any atom is -0.389 e. The van der Waals surface area contributed by atoms with Crippen molar-refractivity contribution in [3.05, 3.63) is 28.8 Å². The smallest absolute Gasteiger partial charge is 0.0945 e. The SMILES string of the molecule is Cc1ccc(Cl)c(NCC(O)COC(C)(C)C)c1. The molecule has 0 saturated carbocycles. The van der Waals surface area contributed by atoms with Gasteiger partial charge >= 0.3 is 0 Å². The van der Waals surface area contributed by atoms with Crippen molar-refractivity contribution in [3.63, 3.8) is 0 Å². The number of benzene rings is 1. The van der Waals surface area contributed by atoms with Crippen LogP contribution in [-0.4, -0.2) is 30.0 Å². The molecule has 3 nitrogen and oxygen atoms in total. The van der Waals surface area contributed by atoms with Gasteiger partial charge in [-0.25, -0.2) is 0 Å². The number of aliphatic hydroxyl groups excluding tert-OH is 1. The zero-order valence-corrected chi connectivity index (χ0v) is 12.2. The topological polar surface area (TPSA) is 41.5 Å². The lowest BCUT2D eigenvalue weighted by Crippen LogP contribution is -2.30. The molecule has 1 rings (SSSR count). The number of anilines is 1. The van der Waals surface area contributed by atoms with Gasteiger partial charge < -0.3 is 15.2 Å². The van der Waals surface area contributed by atoms with E-state index in [0.717, 1.165) is 11.3 Å². The van der Waals surface area contributed by atoms with Crippen LogP contribution in [0, 0.1) is 6.92 Å². The molecule has 18 heavy (non-hydrogen) atoms. The predicted molar refractivity (Wildman–Crippen MR) is 76.4 cm³/mol. The van der Waals surface area contributed by atoms with Crippen molar-refractivity contribution in [1.29, 1.82) is 0 Å².